The van der Waals surface area contributed by atoms with E-state index in [1.54, 1.807) is 6.07 Å². The number of allylic oxidation sites excluding steroid dienone is 1. The summed E-state index contributed by atoms with van der Waals surface area (Å²) in [6, 6.07) is 11.2. The lowest BCUT2D eigenvalue weighted by Crippen LogP contribution is -2.10. The second-order valence-electron chi connectivity index (χ2n) is 5.05. The zero-order chi connectivity index (χ0) is 16.1. The van der Waals surface area contributed by atoms with Crippen LogP contribution < -0.4 is 4.74 Å². The van der Waals surface area contributed by atoms with Gasteiger partial charge in [0.05, 0.1) is 18.8 Å². The highest BCUT2D eigenvalue weighted by Crippen LogP contribution is 2.29. The Balaban J connectivity index is 2.54. The monoisotopic (exact) mass is 298 g/mol. The minimum atomic E-state index is -0.570. The summed E-state index contributed by atoms with van der Waals surface area (Å²) < 4.78 is 10.2. The Labute approximate surface area is 129 Å². The minimum Gasteiger partial charge on any atom is -0.490 e. The summed E-state index contributed by atoms with van der Waals surface area (Å²) in [5, 5.41) is 1.73. The lowest BCUT2D eigenvalue weighted by atomic mass is 10.00. The van der Waals surface area contributed by atoms with Gasteiger partial charge in [0.1, 0.15) is 5.75 Å². The molecular formula is C18H18O4. The molecule has 0 spiro atoms. The van der Waals surface area contributed by atoms with Gasteiger partial charge in [-0.1, -0.05) is 30.3 Å². The van der Waals surface area contributed by atoms with Gasteiger partial charge in [-0.15, -0.1) is 0 Å². The van der Waals surface area contributed by atoms with E-state index < -0.39 is 5.97 Å². The molecule has 0 amide bonds. The van der Waals surface area contributed by atoms with E-state index in [-0.39, 0.29) is 11.9 Å². The quantitative estimate of drug-likeness (QED) is 0.481. The number of methoxy groups -OCH3 is 1. The van der Waals surface area contributed by atoms with E-state index in [4.69, 9.17) is 4.74 Å². The second kappa shape index (κ2) is 6.89. The number of ketones is 1. The molecular weight excluding hydrogens is 280 g/mol. The van der Waals surface area contributed by atoms with Crippen molar-refractivity contribution in [2.75, 3.05) is 7.11 Å². The number of benzene rings is 2. The molecule has 0 aliphatic rings. The smallest absolute Gasteiger partial charge is 0.330 e. The zero-order valence-electron chi connectivity index (χ0n) is 12.8. The van der Waals surface area contributed by atoms with Crippen LogP contribution in [0.5, 0.6) is 5.75 Å². The number of hydrogen-bond acceptors (Lipinski definition) is 4. The molecule has 0 atom stereocenters. The SMILES string of the molecule is COC(=O)/C=C/C(=O)c1c(OC(C)C)ccc2ccccc12. The number of esters is 1. The number of carbonyl (C=O) groups is 2. The first-order chi connectivity index (χ1) is 10.5. The second-order valence-corrected chi connectivity index (χ2v) is 5.05. The van der Waals surface area contributed by atoms with Crippen molar-refractivity contribution >= 4 is 22.5 Å². The van der Waals surface area contributed by atoms with E-state index in [2.05, 4.69) is 4.74 Å². The van der Waals surface area contributed by atoms with E-state index in [1.165, 1.54) is 13.2 Å². The maximum Gasteiger partial charge on any atom is 0.330 e. The molecule has 0 heterocycles. The molecule has 0 aliphatic heterocycles. The van der Waals surface area contributed by atoms with Gasteiger partial charge < -0.3 is 9.47 Å². The van der Waals surface area contributed by atoms with Crippen molar-refractivity contribution in [3.8, 4) is 5.75 Å². The van der Waals surface area contributed by atoms with Crippen molar-refractivity contribution < 1.29 is 19.1 Å². The van der Waals surface area contributed by atoms with Gasteiger partial charge in [-0.25, -0.2) is 4.79 Å². The van der Waals surface area contributed by atoms with Crippen molar-refractivity contribution in [3.05, 3.63) is 54.1 Å². The van der Waals surface area contributed by atoms with E-state index in [0.29, 0.717) is 11.3 Å². The van der Waals surface area contributed by atoms with Crippen LogP contribution in [-0.4, -0.2) is 25.0 Å². The van der Waals surface area contributed by atoms with Crippen LogP contribution in [0.4, 0.5) is 0 Å². The van der Waals surface area contributed by atoms with Crippen LogP contribution in [0.3, 0.4) is 0 Å². The molecule has 0 saturated heterocycles. The van der Waals surface area contributed by atoms with Gasteiger partial charge in [0.15, 0.2) is 5.78 Å². The standard InChI is InChI=1S/C18H18O4/c1-12(2)22-16-10-8-13-6-4-5-7-14(13)18(16)15(19)9-11-17(20)21-3/h4-12H,1-3H3/b11-9+. The third-order valence-corrected chi connectivity index (χ3v) is 3.07. The topological polar surface area (TPSA) is 52.6 Å². The number of rotatable bonds is 5. The summed E-state index contributed by atoms with van der Waals surface area (Å²) in [5.41, 5.74) is 0.451. The summed E-state index contributed by atoms with van der Waals surface area (Å²) in [5.74, 6) is -0.356. The molecule has 0 bridgehead atoms. The average molecular weight is 298 g/mol. The van der Waals surface area contributed by atoms with Gasteiger partial charge in [0.2, 0.25) is 0 Å². The van der Waals surface area contributed by atoms with E-state index >= 15 is 0 Å². The van der Waals surface area contributed by atoms with Crippen LogP contribution in [0.1, 0.15) is 24.2 Å². The number of fused-ring (bicyclic) bond motifs is 1. The van der Waals surface area contributed by atoms with Crippen LogP contribution in [0, 0.1) is 0 Å². The molecule has 0 N–H and O–H groups in total. The fraction of sp³-hybridized carbons (Fsp3) is 0.222. The summed E-state index contributed by atoms with van der Waals surface area (Å²) in [6.07, 6.45) is 2.27. The Morgan fingerprint density at radius 2 is 1.77 bits per heavy atom. The average Bonchev–Trinajstić information content (AvgIpc) is 2.51. The molecule has 4 nitrogen and oxygen atoms in total. The molecule has 114 valence electrons. The summed E-state index contributed by atoms with van der Waals surface area (Å²) in [7, 11) is 1.27. The van der Waals surface area contributed by atoms with E-state index in [1.807, 2.05) is 44.2 Å². The number of carbonyl (C=O) groups excluding carboxylic acids is 2. The van der Waals surface area contributed by atoms with Crippen molar-refractivity contribution in [1.29, 1.82) is 0 Å². The predicted molar refractivity (Wildman–Crippen MR) is 85.2 cm³/mol. The molecule has 0 aliphatic carbocycles. The van der Waals surface area contributed by atoms with E-state index in [0.717, 1.165) is 16.8 Å². The summed E-state index contributed by atoms with van der Waals surface area (Å²) in [4.78, 5) is 23.7. The Bertz CT molecular complexity index is 729. The molecule has 2 rings (SSSR count). The molecule has 2 aromatic rings. The lowest BCUT2D eigenvalue weighted by Gasteiger charge is -2.15. The Kier molecular flexibility index (Phi) is 4.94. The number of ether oxygens (including phenoxy) is 2. The maximum absolute atomic E-state index is 12.5. The highest BCUT2D eigenvalue weighted by molar-refractivity contribution is 6.16. The molecule has 0 saturated carbocycles. The normalized spacial score (nSPS) is 11.1. The molecule has 0 fully saturated rings. The number of hydrogen-bond donors (Lipinski definition) is 0. The fourth-order valence-electron chi connectivity index (χ4n) is 2.15. The predicted octanol–water partition coefficient (Wildman–Crippen LogP) is 3.54. The van der Waals surface area contributed by atoms with Gasteiger partial charge in [-0.2, -0.15) is 0 Å². The van der Waals surface area contributed by atoms with Gasteiger partial charge in [0.25, 0.3) is 0 Å². The Hall–Kier alpha value is -2.62. The first kappa shape index (κ1) is 15.8. The third-order valence-electron chi connectivity index (χ3n) is 3.07. The van der Waals surface area contributed by atoms with Crippen molar-refractivity contribution in [1.82, 2.24) is 0 Å². The van der Waals surface area contributed by atoms with Gasteiger partial charge in [0, 0.05) is 6.08 Å². The van der Waals surface area contributed by atoms with Crippen LogP contribution >= 0.6 is 0 Å². The zero-order valence-corrected chi connectivity index (χ0v) is 12.8. The van der Waals surface area contributed by atoms with Crippen molar-refractivity contribution in [2.45, 2.75) is 20.0 Å². The highest BCUT2D eigenvalue weighted by Gasteiger charge is 2.15. The summed E-state index contributed by atoms with van der Waals surface area (Å²) in [6.45, 7) is 3.79. The molecule has 4 heteroatoms. The lowest BCUT2D eigenvalue weighted by molar-refractivity contribution is -0.134. The largest absolute Gasteiger partial charge is 0.490 e. The molecule has 22 heavy (non-hydrogen) atoms. The fourth-order valence-corrected chi connectivity index (χ4v) is 2.15. The van der Waals surface area contributed by atoms with Crippen molar-refractivity contribution in [3.63, 3.8) is 0 Å². The Morgan fingerprint density at radius 3 is 2.45 bits per heavy atom. The highest BCUT2D eigenvalue weighted by atomic mass is 16.5. The van der Waals surface area contributed by atoms with Gasteiger partial charge >= 0.3 is 5.97 Å². The van der Waals surface area contributed by atoms with Crippen LogP contribution in [-0.2, 0) is 9.53 Å². The third kappa shape index (κ3) is 3.52. The van der Waals surface area contributed by atoms with Crippen LogP contribution in [0.2, 0.25) is 0 Å². The Morgan fingerprint density at radius 1 is 1.05 bits per heavy atom. The maximum atomic E-state index is 12.5. The van der Waals surface area contributed by atoms with Crippen LogP contribution in [0.15, 0.2) is 48.6 Å². The molecule has 0 aromatic heterocycles. The van der Waals surface area contributed by atoms with E-state index in [9.17, 15) is 9.59 Å². The van der Waals surface area contributed by atoms with Gasteiger partial charge in [-0.3, -0.25) is 4.79 Å². The summed E-state index contributed by atoms with van der Waals surface area (Å²) >= 11 is 0. The first-order valence-corrected chi connectivity index (χ1v) is 7.01. The molecule has 2 aromatic carbocycles. The molecule has 0 unspecified atom stereocenters. The first-order valence-electron chi connectivity index (χ1n) is 7.01. The van der Waals surface area contributed by atoms with Crippen LogP contribution in [0.25, 0.3) is 10.8 Å². The minimum absolute atomic E-state index is 0.0581. The van der Waals surface area contributed by atoms with Gasteiger partial charge in [-0.05, 0) is 36.8 Å². The van der Waals surface area contributed by atoms with Crippen molar-refractivity contribution in [2.24, 2.45) is 0 Å². The molecule has 0 radical (unpaired) electrons.